The fourth-order valence-corrected chi connectivity index (χ4v) is 3.61. The van der Waals surface area contributed by atoms with Gasteiger partial charge >= 0.3 is 0 Å². The summed E-state index contributed by atoms with van der Waals surface area (Å²) in [6.45, 7) is 0.126. The molecule has 9 heteroatoms. The molecule has 0 unspecified atom stereocenters. The number of Topliss-reactive ketones (excluding diaryl/α,β-unsaturated/α-hetero) is 1. The topological polar surface area (TPSA) is 85.7 Å². The van der Waals surface area contributed by atoms with Gasteiger partial charge in [0.25, 0.3) is 0 Å². The minimum Gasteiger partial charge on any atom is -0.454 e. The second kappa shape index (κ2) is 7.44. The number of aromatic nitrogens is 5. The van der Waals surface area contributed by atoms with Gasteiger partial charge in [0.15, 0.2) is 11.5 Å². The van der Waals surface area contributed by atoms with Crippen molar-refractivity contribution in [3.8, 4) is 11.5 Å². The second-order valence-electron chi connectivity index (χ2n) is 6.64. The third-order valence-corrected chi connectivity index (χ3v) is 5.43. The van der Waals surface area contributed by atoms with Crippen molar-refractivity contribution in [3.05, 3.63) is 77.2 Å². The molecule has 0 fully saturated rings. The molecule has 148 valence electrons. The van der Waals surface area contributed by atoms with Gasteiger partial charge in [0.2, 0.25) is 0 Å². The van der Waals surface area contributed by atoms with Crippen LogP contribution in [0.25, 0.3) is 21.9 Å². The number of benzene rings is 2. The lowest BCUT2D eigenvalue weighted by atomic mass is 10.1. The number of H-pyrrole nitrogens is 1. The highest BCUT2D eigenvalue weighted by atomic mass is 35.5. The van der Waals surface area contributed by atoms with Gasteiger partial charge in [-0.25, -0.2) is 15.0 Å². The van der Waals surface area contributed by atoms with E-state index in [1.165, 1.54) is 6.33 Å². The van der Waals surface area contributed by atoms with Crippen LogP contribution in [0.2, 0.25) is 10.0 Å². The molecular weight excluding hydrogens is 425 g/mol. The SMILES string of the molecule is O=C(Cn1cnc2cc(Cl)c(Cl)cc21)c1c[nH]c2cc(Oc3cncnc3)ccc12. The molecule has 0 spiro atoms. The molecule has 0 atom stereocenters. The number of carbonyl (C=O) groups excluding carboxylic acids is 1. The van der Waals surface area contributed by atoms with E-state index in [0.717, 1.165) is 16.4 Å². The first kappa shape index (κ1) is 18.6. The molecule has 7 nitrogen and oxygen atoms in total. The molecule has 0 bridgehead atoms. The largest absolute Gasteiger partial charge is 0.454 e. The number of nitrogens with zero attached hydrogens (tertiary/aromatic N) is 4. The van der Waals surface area contributed by atoms with E-state index in [-0.39, 0.29) is 12.3 Å². The zero-order chi connectivity index (χ0) is 20.7. The van der Waals surface area contributed by atoms with Gasteiger partial charge in [0, 0.05) is 28.7 Å². The van der Waals surface area contributed by atoms with Crippen LogP contribution in [0.1, 0.15) is 10.4 Å². The monoisotopic (exact) mass is 437 g/mol. The van der Waals surface area contributed by atoms with Crippen molar-refractivity contribution in [1.82, 2.24) is 24.5 Å². The summed E-state index contributed by atoms with van der Waals surface area (Å²) in [6, 6.07) is 8.87. The Kier molecular flexibility index (Phi) is 4.61. The fourth-order valence-electron chi connectivity index (χ4n) is 3.29. The molecular formula is C21H13Cl2N5O2. The second-order valence-corrected chi connectivity index (χ2v) is 7.45. The molecule has 0 saturated carbocycles. The number of hydrogen-bond donors (Lipinski definition) is 1. The zero-order valence-corrected chi connectivity index (χ0v) is 16.9. The smallest absolute Gasteiger partial charge is 0.184 e. The fraction of sp³-hybridized carbons (Fsp3) is 0.0476. The average molecular weight is 438 g/mol. The number of imidazole rings is 1. The minimum absolute atomic E-state index is 0.0586. The summed E-state index contributed by atoms with van der Waals surface area (Å²) in [5.41, 5.74) is 2.81. The van der Waals surface area contributed by atoms with Crippen LogP contribution in [0.5, 0.6) is 11.5 Å². The van der Waals surface area contributed by atoms with E-state index < -0.39 is 0 Å². The molecule has 0 radical (unpaired) electrons. The summed E-state index contributed by atoms with van der Waals surface area (Å²) in [4.78, 5) is 28.3. The lowest BCUT2D eigenvalue weighted by Gasteiger charge is -2.06. The van der Waals surface area contributed by atoms with Gasteiger partial charge < -0.3 is 14.3 Å². The normalized spacial score (nSPS) is 11.3. The number of aromatic amines is 1. The van der Waals surface area contributed by atoms with E-state index in [2.05, 4.69) is 19.9 Å². The van der Waals surface area contributed by atoms with Gasteiger partial charge in [-0.05, 0) is 24.3 Å². The van der Waals surface area contributed by atoms with E-state index in [1.54, 1.807) is 47.7 Å². The van der Waals surface area contributed by atoms with Crippen molar-refractivity contribution >= 4 is 50.9 Å². The molecule has 0 aliphatic carbocycles. The molecule has 0 amide bonds. The molecule has 0 saturated heterocycles. The van der Waals surface area contributed by atoms with E-state index in [1.807, 2.05) is 12.1 Å². The highest BCUT2D eigenvalue weighted by Crippen LogP contribution is 2.29. The first-order valence-corrected chi connectivity index (χ1v) is 9.71. The Morgan fingerprint density at radius 2 is 1.87 bits per heavy atom. The minimum atomic E-state index is -0.0586. The number of nitrogens with one attached hydrogen (secondary N) is 1. The van der Waals surface area contributed by atoms with Crippen molar-refractivity contribution in [2.45, 2.75) is 6.54 Å². The average Bonchev–Trinajstić information content (AvgIpc) is 3.33. The standard InChI is InChI=1S/C21H13Cl2N5O2/c22-16-4-19-20(5-17(16)23)28(11-27-19)9-21(29)15-8-26-18-3-12(1-2-14(15)18)30-13-6-24-10-25-7-13/h1-8,10-11,26H,9H2. The summed E-state index contributed by atoms with van der Waals surface area (Å²) in [6.07, 6.45) is 7.90. The molecule has 30 heavy (non-hydrogen) atoms. The molecule has 5 rings (SSSR count). The van der Waals surface area contributed by atoms with Gasteiger partial charge in [0.1, 0.15) is 12.1 Å². The van der Waals surface area contributed by atoms with Crippen molar-refractivity contribution in [2.24, 2.45) is 0 Å². The first-order valence-electron chi connectivity index (χ1n) is 8.95. The molecule has 3 aromatic heterocycles. The lowest BCUT2D eigenvalue weighted by molar-refractivity contribution is 0.0975. The van der Waals surface area contributed by atoms with E-state index in [0.29, 0.717) is 32.6 Å². The van der Waals surface area contributed by atoms with Crippen LogP contribution in [0.3, 0.4) is 0 Å². The number of rotatable bonds is 5. The van der Waals surface area contributed by atoms with Gasteiger partial charge in [-0.3, -0.25) is 4.79 Å². The highest BCUT2D eigenvalue weighted by Gasteiger charge is 2.15. The predicted molar refractivity (Wildman–Crippen MR) is 114 cm³/mol. The molecule has 1 N–H and O–H groups in total. The summed E-state index contributed by atoms with van der Waals surface area (Å²) in [5.74, 6) is 1.09. The van der Waals surface area contributed by atoms with Crippen molar-refractivity contribution in [1.29, 1.82) is 0 Å². The summed E-state index contributed by atoms with van der Waals surface area (Å²) < 4.78 is 7.50. The molecule has 2 aromatic carbocycles. The maximum absolute atomic E-state index is 13.0. The van der Waals surface area contributed by atoms with Crippen molar-refractivity contribution in [3.63, 3.8) is 0 Å². The van der Waals surface area contributed by atoms with E-state index in [9.17, 15) is 4.79 Å². The first-order chi connectivity index (χ1) is 14.6. The Morgan fingerprint density at radius 3 is 2.70 bits per heavy atom. The Hall–Kier alpha value is -3.42. The summed E-state index contributed by atoms with van der Waals surface area (Å²) >= 11 is 12.2. The predicted octanol–water partition coefficient (Wildman–Crippen LogP) is 5.29. The number of ether oxygens (including phenoxy) is 1. The Balaban J connectivity index is 1.42. The summed E-state index contributed by atoms with van der Waals surface area (Å²) in [5, 5.41) is 1.65. The van der Waals surface area contributed by atoms with Crippen LogP contribution >= 0.6 is 23.2 Å². The van der Waals surface area contributed by atoms with Crippen LogP contribution in [-0.4, -0.2) is 30.3 Å². The molecule has 3 heterocycles. The molecule has 0 aliphatic rings. The highest BCUT2D eigenvalue weighted by molar-refractivity contribution is 6.42. The third kappa shape index (κ3) is 3.38. The number of hydrogen-bond acceptors (Lipinski definition) is 5. The van der Waals surface area contributed by atoms with Crippen LogP contribution in [0.15, 0.2) is 61.6 Å². The Bertz CT molecular complexity index is 1400. The maximum Gasteiger partial charge on any atom is 0.184 e. The Labute approximate surface area is 180 Å². The van der Waals surface area contributed by atoms with Crippen molar-refractivity contribution in [2.75, 3.05) is 0 Å². The maximum atomic E-state index is 13.0. The van der Waals surface area contributed by atoms with E-state index >= 15 is 0 Å². The van der Waals surface area contributed by atoms with Crippen LogP contribution < -0.4 is 4.74 Å². The van der Waals surface area contributed by atoms with E-state index in [4.69, 9.17) is 27.9 Å². The van der Waals surface area contributed by atoms with Crippen LogP contribution in [0.4, 0.5) is 0 Å². The van der Waals surface area contributed by atoms with Gasteiger partial charge in [-0.1, -0.05) is 23.2 Å². The number of halogens is 2. The lowest BCUT2D eigenvalue weighted by Crippen LogP contribution is -2.09. The van der Waals surface area contributed by atoms with Crippen molar-refractivity contribution < 1.29 is 9.53 Å². The Morgan fingerprint density at radius 1 is 1.07 bits per heavy atom. The van der Waals surface area contributed by atoms with Gasteiger partial charge in [-0.2, -0.15) is 0 Å². The third-order valence-electron chi connectivity index (χ3n) is 4.70. The number of fused-ring (bicyclic) bond motifs is 2. The van der Waals surface area contributed by atoms with Crippen LogP contribution in [0, 0.1) is 0 Å². The van der Waals surface area contributed by atoms with Gasteiger partial charge in [0.05, 0.1) is 46.3 Å². The number of ketones is 1. The zero-order valence-electron chi connectivity index (χ0n) is 15.3. The number of carbonyl (C=O) groups is 1. The quantitative estimate of drug-likeness (QED) is 0.377. The summed E-state index contributed by atoms with van der Waals surface area (Å²) in [7, 11) is 0. The molecule has 5 aromatic rings. The molecule has 0 aliphatic heterocycles. The van der Waals surface area contributed by atoms with Crippen LogP contribution in [-0.2, 0) is 6.54 Å². The van der Waals surface area contributed by atoms with Gasteiger partial charge in [-0.15, -0.1) is 0 Å².